The van der Waals surface area contributed by atoms with Crippen LogP contribution in [-0.2, 0) is 23.4 Å². The average Bonchev–Trinajstić information content (AvgIpc) is 3.29. The molecule has 1 aromatic carbocycles. The molecule has 5 nitrogen and oxygen atoms in total. The summed E-state index contributed by atoms with van der Waals surface area (Å²) in [7, 11) is 0. The lowest BCUT2D eigenvalue weighted by Crippen LogP contribution is -2.07. The van der Waals surface area contributed by atoms with Crippen LogP contribution in [0, 0.1) is 0 Å². The lowest BCUT2D eigenvalue weighted by molar-refractivity contribution is -0.137. The molecule has 0 saturated heterocycles. The van der Waals surface area contributed by atoms with Crippen LogP contribution in [0.4, 0.5) is 27.6 Å². The van der Waals surface area contributed by atoms with E-state index in [1.165, 1.54) is 53.5 Å². The highest BCUT2D eigenvalue weighted by Crippen LogP contribution is 2.29. The predicted octanol–water partition coefficient (Wildman–Crippen LogP) is 5.31. The standard InChI is InChI=1S/C20H16F5N3O2/c1-19(21,22)17-8-7-16(30-17)12-28-11-15(10-26-28)27-18(29)9-4-13-2-5-14(6-3-13)20(23,24)25/h2-11H,12H2,1H3,(H,27,29)/b9-4+. The van der Waals surface area contributed by atoms with E-state index in [-0.39, 0.29) is 12.3 Å². The van der Waals surface area contributed by atoms with E-state index >= 15 is 0 Å². The van der Waals surface area contributed by atoms with E-state index < -0.39 is 29.3 Å². The highest BCUT2D eigenvalue weighted by molar-refractivity contribution is 6.01. The zero-order valence-corrected chi connectivity index (χ0v) is 15.6. The molecule has 0 radical (unpaired) electrons. The Kier molecular flexibility index (Phi) is 5.77. The van der Waals surface area contributed by atoms with Gasteiger partial charge in [0.25, 0.3) is 0 Å². The number of halogens is 5. The van der Waals surface area contributed by atoms with Gasteiger partial charge in [-0.3, -0.25) is 9.48 Å². The van der Waals surface area contributed by atoms with Gasteiger partial charge >= 0.3 is 12.1 Å². The van der Waals surface area contributed by atoms with Crippen molar-refractivity contribution < 1.29 is 31.2 Å². The maximum absolute atomic E-state index is 13.2. The number of anilines is 1. The van der Waals surface area contributed by atoms with Gasteiger partial charge in [0.15, 0.2) is 5.76 Å². The average molecular weight is 425 g/mol. The van der Waals surface area contributed by atoms with Crippen molar-refractivity contribution in [2.75, 3.05) is 5.32 Å². The van der Waals surface area contributed by atoms with Gasteiger partial charge in [-0.1, -0.05) is 12.1 Å². The molecule has 0 spiro atoms. The lowest BCUT2D eigenvalue weighted by Gasteiger charge is -2.05. The van der Waals surface area contributed by atoms with Crippen LogP contribution in [0.3, 0.4) is 0 Å². The molecule has 10 heteroatoms. The topological polar surface area (TPSA) is 60.1 Å². The molecule has 0 saturated carbocycles. The minimum Gasteiger partial charge on any atom is -0.458 e. The molecule has 0 atom stereocenters. The van der Waals surface area contributed by atoms with Crippen LogP contribution in [0.1, 0.15) is 29.6 Å². The molecule has 3 rings (SSSR count). The van der Waals surface area contributed by atoms with Gasteiger partial charge in [0.05, 0.1) is 24.0 Å². The first-order valence-corrected chi connectivity index (χ1v) is 8.66. The van der Waals surface area contributed by atoms with Crippen molar-refractivity contribution in [2.24, 2.45) is 0 Å². The Morgan fingerprint density at radius 2 is 1.83 bits per heavy atom. The van der Waals surface area contributed by atoms with Gasteiger partial charge in [-0.25, -0.2) is 0 Å². The minimum atomic E-state index is -4.42. The molecule has 158 valence electrons. The van der Waals surface area contributed by atoms with E-state index in [1.54, 1.807) is 0 Å². The number of nitrogens with one attached hydrogen (secondary N) is 1. The first-order valence-electron chi connectivity index (χ1n) is 8.66. The van der Waals surface area contributed by atoms with Gasteiger partial charge in [0, 0.05) is 19.2 Å². The molecule has 1 amide bonds. The van der Waals surface area contributed by atoms with Gasteiger partial charge < -0.3 is 9.73 Å². The van der Waals surface area contributed by atoms with Gasteiger partial charge in [-0.05, 0) is 35.9 Å². The van der Waals surface area contributed by atoms with E-state index in [4.69, 9.17) is 4.42 Å². The minimum absolute atomic E-state index is 0.0906. The third kappa shape index (κ3) is 5.56. The summed E-state index contributed by atoms with van der Waals surface area (Å²) in [6.45, 7) is 0.822. The molecule has 0 fully saturated rings. The van der Waals surface area contributed by atoms with E-state index in [0.717, 1.165) is 19.1 Å². The van der Waals surface area contributed by atoms with Crippen molar-refractivity contribution >= 4 is 17.7 Å². The van der Waals surface area contributed by atoms with Gasteiger partial charge in [-0.15, -0.1) is 0 Å². The monoisotopic (exact) mass is 425 g/mol. The van der Waals surface area contributed by atoms with Crippen LogP contribution in [0.5, 0.6) is 0 Å². The second kappa shape index (κ2) is 8.13. The Balaban J connectivity index is 1.57. The van der Waals surface area contributed by atoms with Crippen molar-refractivity contribution in [1.29, 1.82) is 0 Å². The summed E-state index contributed by atoms with van der Waals surface area (Å²) in [6, 6.07) is 6.96. The van der Waals surface area contributed by atoms with Gasteiger partial charge in [-0.2, -0.15) is 27.1 Å². The number of furan rings is 1. The summed E-state index contributed by atoms with van der Waals surface area (Å²) in [5, 5.41) is 6.55. The van der Waals surface area contributed by atoms with Crippen LogP contribution in [0.2, 0.25) is 0 Å². The summed E-state index contributed by atoms with van der Waals surface area (Å²) in [5.41, 5.74) is 0.00251. The number of nitrogens with zero attached hydrogens (tertiary/aromatic N) is 2. The summed E-state index contributed by atoms with van der Waals surface area (Å²) >= 11 is 0. The second-order valence-electron chi connectivity index (χ2n) is 6.52. The summed E-state index contributed by atoms with van der Waals surface area (Å²) in [5.74, 6) is -3.78. The normalized spacial score (nSPS) is 12.5. The largest absolute Gasteiger partial charge is 0.458 e. The SMILES string of the molecule is CC(F)(F)c1ccc(Cn2cc(NC(=O)/C=C/c3ccc(C(F)(F)F)cc3)cn2)o1. The fourth-order valence-corrected chi connectivity index (χ4v) is 2.51. The van der Waals surface area contributed by atoms with E-state index in [9.17, 15) is 26.7 Å². The predicted molar refractivity (Wildman–Crippen MR) is 98.7 cm³/mol. The molecular weight excluding hydrogens is 409 g/mol. The smallest absolute Gasteiger partial charge is 0.416 e. The zero-order chi connectivity index (χ0) is 21.9. The first kappa shape index (κ1) is 21.3. The summed E-state index contributed by atoms with van der Waals surface area (Å²) in [6.07, 6.45) is 0.962. The molecule has 0 aliphatic rings. The Hall–Kier alpha value is -3.43. The molecule has 3 aromatic rings. The number of hydrogen-bond donors (Lipinski definition) is 1. The molecule has 0 unspecified atom stereocenters. The highest BCUT2D eigenvalue weighted by atomic mass is 19.4. The number of carbonyl (C=O) groups excluding carboxylic acids is 1. The molecule has 1 N–H and O–H groups in total. The van der Waals surface area contributed by atoms with Gasteiger partial charge in [0.1, 0.15) is 5.76 Å². The second-order valence-corrected chi connectivity index (χ2v) is 6.52. The van der Waals surface area contributed by atoms with Crippen molar-refractivity contribution in [3.05, 3.63) is 77.5 Å². The number of amides is 1. The fourth-order valence-electron chi connectivity index (χ4n) is 2.51. The van der Waals surface area contributed by atoms with Crippen LogP contribution < -0.4 is 5.32 Å². The lowest BCUT2D eigenvalue weighted by atomic mass is 10.1. The molecule has 0 aliphatic carbocycles. The number of benzene rings is 1. The third-order valence-electron chi connectivity index (χ3n) is 3.98. The Morgan fingerprint density at radius 1 is 1.13 bits per heavy atom. The quantitative estimate of drug-likeness (QED) is 0.430. The van der Waals surface area contributed by atoms with Crippen LogP contribution in [0.25, 0.3) is 6.08 Å². The van der Waals surface area contributed by atoms with Crippen LogP contribution >= 0.6 is 0 Å². The summed E-state index contributed by atoms with van der Waals surface area (Å²) < 4.78 is 70.5. The number of aromatic nitrogens is 2. The summed E-state index contributed by atoms with van der Waals surface area (Å²) in [4.78, 5) is 12.0. The van der Waals surface area contributed by atoms with Crippen molar-refractivity contribution in [3.8, 4) is 0 Å². The Bertz CT molecular complexity index is 1040. The number of hydrogen-bond acceptors (Lipinski definition) is 3. The van der Waals surface area contributed by atoms with E-state index in [1.807, 2.05) is 0 Å². The van der Waals surface area contributed by atoms with E-state index in [0.29, 0.717) is 11.3 Å². The van der Waals surface area contributed by atoms with Crippen molar-refractivity contribution in [1.82, 2.24) is 9.78 Å². The zero-order valence-electron chi connectivity index (χ0n) is 15.6. The molecular formula is C20H16F5N3O2. The van der Waals surface area contributed by atoms with Crippen LogP contribution in [0.15, 0.2) is 59.3 Å². The molecule has 30 heavy (non-hydrogen) atoms. The van der Waals surface area contributed by atoms with Crippen LogP contribution in [-0.4, -0.2) is 15.7 Å². The number of carbonyl (C=O) groups is 1. The van der Waals surface area contributed by atoms with Crippen molar-refractivity contribution in [3.63, 3.8) is 0 Å². The maximum Gasteiger partial charge on any atom is 0.416 e. The molecule has 0 bridgehead atoms. The molecule has 0 aliphatic heterocycles. The number of rotatable bonds is 6. The molecule has 2 heterocycles. The highest BCUT2D eigenvalue weighted by Gasteiger charge is 2.30. The van der Waals surface area contributed by atoms with E-state index in [2.05, 4.69) is 10.4 Å². The fraction of sp³-hybridized carbons (Fsp3) is 0.200. The Morgan fingerprint density at radius 3 is 2.43 bits per heavy atom. The number of alkyl halides is 5. The van der Waals surface area contributed by atoms with Crippen molar-refractivity contribution in [2.45, 2.75) is 25.6 Å². The Labute approximate surface area is 167 Å². The van der Waals surface area contributed by atoms with Gasteiger partial charge in [0.2, 0.25) is 5.91 Å². The third-order valence-corrected chi connectivity index (χ3v) is 3.98. The maximum atomic E-state index is 13.2. The molecule has 2 aromatic heterocycles. The first-order chi connectivity index (χ1) is 14.0.